The molecule has 0 saturated carbocycles. The van der Waals surface area contributed by atoms with Gasteiger partial charge in [0.05, 0.1) is 11.3 Å². The number of primary amides is 1. The third kappa shape index (κ3) is 1.83. The molecule has 15 heavy (non-hydrogen) atoms. The van der Waals surface area contributed by atoms with E-state index in [2.05, 4.69) is 5.43 Å². The number of allylic oxidation sites excluding steroid dienone is 2. The van der Waals surface area contributed by atoms with Gasteiger partial charge in [0.1, 0.15) is 0 Å². The summed E-state index contributed by atoms with van der Waals surface area (Å²) in [5.41, 5.74) is 9.51. The molecule has 0 radical (unpaired) electrons. The average Bonchev–Trinajstić information content (AvgIpc) is 2.30. The lowest BCUT2D eigenvalue weighted by Crippen LogP contribution is -2.32. The van der Waals surface area contributed by atoms with E-state index in [0.717, 1.165) is 5.69 Å². The molecule has 0 bridgehead atoms. The molecule has 0 unspecified atom stereocenters. The van der Waals surface area contributed by atoms with Crippen LogP contribution in [0.4, 0.5) is 5.69 Å². The van der Waals surface area contributed by atoms with Gasteiger partial charge in [0, 0.05) is 12.4 Å². The molecule has 76 valence electrons. The number of carbonyl (C=O) groups excluding carboxylic acids is 1. The Hall–Kier alpha value is -2.23. The molecule has 0 aromatic heterocycles. The van der Waals surface area contributed by atoms with Gasteiger partial charge in [-0.05, 0) is 24.3 Å². The van der Waals surface area contributed by atoms with Gasteiger partial charge in [-0.2, -0.15) is 0 Å². The normalized spacial score (nSPS) is 13.7. The van der Waals surface area contributed by atoms with Gasteiger partial charge in [-0.1, -0.05) is 12.1 Å². The predicted octanol–water partition coefficient (Wildman–Crippen LogP) is 1.14. The van der Waals surface area contributed by atoms with Crippen LogP contribution in [0.1, 0.15) is 10.4 Å². The minimum Gasteiger partial charge on any atom is -0.366 e. The topological polar surface area (TPSA) is 58.4 Å². The number of hydrogen-bond acceptors (Lipinski definition) is 3. The molecule has 3 N–H and O–H groups in total. The Kier molecular flexibility index (Phi) is 2.41. The number of carbonyl (C=O) groups is 1. The zero-order valence-electron chi connectivity index (χ0n) is 8.05. The zero-order chi connectivity index (χ0) is 10.7. The summed E-state index contributed by atoms with van der Waals surface area (Å²) in [5.74, 6) is -0.435. The quantitative estimate of drug-likeness (QED) is 0.754. The van der Waals surface area contributed by atoms with Gasteiger partial charge < -0.3 is 11.2 Å². The second-order valence-corrected chi connectivity index (χ2v) is 3.08. The summed E-state index contributed by atoms with van der Waals surface area (Å²) in [6, 6.07) is 7.17. The van der Waals surface area contributed by atoms with E-state index in [4.69, 9.17) is 5.73 Å². The van der Waals surface area contributed by atoms with Gasteiger partial charge in [-0.15, -0.1) is 0 Å². The number of nitrogens with zero attached hydrogens (tertiary/aromatic N) is 1. The van der Waals surface area contributed by atoms with E-state index >= 15 is 0 Å². The van der Waals surface area contributed by atoms with Crippen LogP contribution in [0.5, 0.6) is 0 Å². The van der Waals surface area contributed by atoms with Crippen molar-refractivity contribution < 1.29 is 4.79 Å². The Morgan fingerprint density at radius 1 is 1.27 bits per heavy atom. The molecule has 1 aromatic carbocycles. The van der Waals surface area contributed by atoms with Gasteiger partial charge in [-0.25, -0.2) is 0 Å². The van der Waals surface area contributed by atoms with Gasteiger partial charge >= 0.3 is 0 Å². The van der Waals surface area contributed by atoms with Crippen LogP contribution in [0.2, 0.25) is 0 Å². The van der Waals surface area contributed by atoms with Gasteiger partial charge in [0.25, 0.3) is 5.91 Å². The highest BCUT2D eigenvalue weighted by Crippen LogP contribution is 2.19. The lowest BCUT2D eigenvalue weighted by atomic mass is 10.1. The first-order valence-corrected chi connectivity index (χ1v) is 4.56. The molecular formula is C11H11N3O. The van der Waals surface area contributed by atoms with Gasteiger partial charge in [0.15, 0.2) is 0 Å². The fourth-order valence-corrected chi connectivity index (χ4v) is 1.40. The third-order valence-electron chi connectivity index (χ3n) is 2.09. The van der Waals surface area contributed by atoms with Crippen molar-refractivity contribution in [3.05, 3.63) is 54.4 Å². The molecule has 0 spiro atoms. The largest absolute Gasteiger partial charge is 0.366 e. The number of rotatable bonds is 2. The maximum atomic E-state index is 11.2. The summed E-state index contributed by atoms with van der Waals surface area (Å²) in [5, 5.41) is 1.74. The molecule has 0 saturated heterocycles. The molecule has 1 aliphatic heterocycles. The maximum absolute atomic E-state index is 11.2. The average molecular weight is 201 g/mol. The highest BCUT2D eigenvalue weighted by molar-refractivity contribution is 5.98. The van der Waals surface area contributed by atoms with Crippen LogP contribution in [0.15, 0.2) is 48.8 Å². The molecule has 2 rings (SSSR count). The minimum atomic E-state index is -0.435. The lowest BCUT2D eigenvalue weighted by molar-refractivity contribution is 0.100. The highest BCUT2D eigenvalue weighted by atomic mass is 16.1. The summed E-state index contributed by atoms with van der Waals surface area (Å²) >= 11 is 0. The highest BCUT2D eigenvalue weighted by Gasteiger charge is 2.11. The Labute approximate surface area is 87.7 Å². The zero-order valence-corrected chi connectivity index (χ0v) is 8.05. The lowest BCUT2D eigenvalue weighted by Gasteiger charge is -2.23. The second kappa shape index (κ2) is 3.88. The molecule has 1 heterocycles. The van der Waals surface area contributed by atoms with Crippen LogP contribution in [0, 0.1) is 0 Å². The van der Waals surface area contributed by atoms with Crippen molar-refractivity contribution in [2.45, 2.75) is 0 Å². The van der Waals surface area contributed by atoms with Crippen LogP contribution in [0.3, 0.4) is 0 Å². The van der Waals surface area contributed by atoms with Crippen molar-refractivity contribution in [1.29, 1.82) is 0 Å². The number of para-hydroxylation sites is 1. The first kappa shape index (κ1) is 9.33. The molecule has 4 nitrogen and oxygen atoms in total. The predicted molar refractivity (Wildman–Crippen MR) is 58.9 cm³/mol. The van der Waals surface area contributed by atoms with Crippen molar-refractivity contribution in [2.75, 3.05) is 5.01 Å². The van der Waals surface area contributed by atoms with E-state index in [-0.39, 0.29) is 0 Å². The molecule has 0 fully saturated rings. The van der Waals surface area contributed by atoms with Crippen LogP contribution >= 0.6 is 0 Å². The Morgan fingerprint density at radius 2 is 2.07 bits per heavy atom. The SMILES string of the molecule is NC(=O)c1ccccc1N1C=CC=CN1. The van der Waals surface area contributed by atoms with E-state index in [1.165, 1.54) is 0 Å². The van der Waals surface area contributed by atoms with E-state index in [1.54, 1.807) is 23.3 Å². The van der Waals surface area contributed by atoms with Crippen molar-refractivity contribution >= 4 is 11.6 Å². The molecule has 0 atom stereocenters. The summed E-state index contributed by atoms with van der Waals surface area (Å²) in [7, 11) is 0. The van der Waals surface area contributed by atoms with E-state index < -0.39 is 5.91 Å². The first-order chi connectivity index (χ1) is 7.29. The Bertz CT molecular complexity index is 437. The van der Waals surface area contributed by atoms with E-state index in [1.807, 2.05) is 30.5 Å². The summed E-state index contributed by atoms with van der Waals surface area (Å²) in [6.45, 7) is 0. The maximum Gasteiger partial charge on any atom is 0.250 e. The Morgan fingerprint density at radius 3 is 2.73 bits per heavy atom. The number of hydrogen-bond donors (Lipinski definition) is 2. The summed E-state index contributed by atoms with van der Waals surface area (Å²) < 4.78 is 0. The van der Waals surface area contributed by atoms with Crippen molar-refractivity contribution in [3.8, 4) is 0 Å². The second-order valence-electron chi connectivity index (χ2n) is 3.08. The smallest absolute Gasteiger partial charge is 0.250 e. The van der Waals surface area contributed by atoms with Gasteiger partial charge in [0.2, 0.25) is 0 Å². The van der Waals surface area contributed by atoms with Crippen LogP contribution in [0.25, 0.3) is 0 Å². The van der Waals surface area contributed by atoms with Crippen LogP contribution < -0.4 is 16.2 Å². The number of amides is 1. The van der Waals surface area contributed by atoms with Gasteiger partial charge in [-0.3, -0.25) is 9.80 Å². The first-order valence-electron chi connectivity index (χ1n) is 4.56. The molecule has 4 heteroatoms. The summed E-state index contributed by atoms with van der Waals surface area (Å²) in [6.07, 6.45) is 7.33. The van der Waals surface area contributed by atoms with Crippen molar-refractivity contribution in [1.82, 2.24) is 5.43 Å². The summed E-state index contributed by atoms with van der Waals surface area (Å²) in [4.78, 5) is 11.2. The van der Waals surface area contributed by atoms with Crippen LogP contribution in [-0.2, 0) is 0 Å². The fourth-order valence-electron chi connectivity index (χ4n) is 1.40. The molecule has 0 aliphatic carbocycles. The molecular weight excluding hydrogens is 190 g/mol. The van der Waals surface area contributed by atoms with E-state index in [0.29, 0.717) is 5.56 Å². The molecule has 1 aromatic rings. The van der Waals surface area contributed by atoms with Crippen molar-refractivity contribution in [3.63, 3.8) is 0 Å². The standard InChI is InChI=1S/C11H11N3O/c12-11(15)9-5-1-2-6-10(9)14-8-4-3-7-13-14/h1-8,13H,(H2,12,15). The van der Waals surface area contributed by atoms with E-state index in [9.17, 15) is 4.79 Å². The van der Waals surface area contributed by atoms with Crippen molar-refractivity contribution in [2.24, 2.45) is 5.73 Å². The fraction of sp³-hybridized carbons (Fsp3) is 0. The molecule has 1 aliphatic rings. The number of hydrazine groups is 1. The minimum absolute atomic E-state index is 0.435. The number of anilines is 1. The monoisotopic (exact) mass is 201 g/mol. The van der Waals surface area contributed by atoms with Crippen LogP contribution in [-0.4, -0.2) is 5.91 Å². The number of benzene rings is 1. The molecule has 1 amide bonds. The third-order valence-corrected chi connectivity index (χ3v) is 2.09. The Balaban J connectivity index is 2.39. The number of nitrogens with two attached hydrogens (primary N) is 1. The number of nitrogens with one attached hydrogen (secondary N) is 1.